The standard InChI is InChI=1S/C16H13Cl2N5O2/c1-8-5-13(15(24)22-14-6-9(2)25-23-14)21-16(19-8)20-12-7-10(17)3-4-11(12)18/h3-7H,1-2H3,(H,19,20,21)(H,22,23,24). The summed E-state index contributed by atoms with van der Waals surface area (Å²) in [6.45, 7) is 3.48. The smallest absolute Gasteiger partial charge is 0.275 e. The molecule has 2 N–H and O–H groups in total. The molecule has 2 heterocycles. The molecular formula is C16H13Cl2N5O2. The molecule has 0 aliphatic carbocycles. The number of anilines is 3. The van der Waals surface area contributed by atoms with Crippen molar-refractivity contribution in [2.24, 2.45) is 0 Å². The SMILES string of the molecule is Cc1cc(C(=O)Nc2cc(C)on2)nc(Nc2cc(Cl)ccc2Cl)n1. The Balaban J connectivity index is 1.84. The third kappa shape index (κ3) is 4.26. The molecule has 0 saturated heterocycles. The zero-order valence-electron chi connectivity index (χ0n) is 13.3. The summed E-state index contributed by atoms with van der Waals surface area (Å²) in [4.78, 5) is 20.8. The lowest BCUT2D eigenvalue weighted by Crippen LogP contribution is -2.15. The highest BCUT2D eigenvalue weighted by atomic mass is 35.5. The van der Waals surface area contributed by atoms with Crippen LogP contribution in [0.25, 0.3) is 0 Å². The van der Waals surface area contributed by atoms with Crippen LogP contribution in [0.1, 0.15) is 21.9 Å². The maximum Gasteiger partial charge on any atom is 0.275 e. The molecule has 0 unspecified atom stereocenters. The van der Waals surface area contributed by atoms with Crippen molar-refractivity contribution in [1.29, 1.82) is 0 Å². The second-order valence-corrected chi connectivity index (χ2v) is 6.09. The van der Waals surface area contributed by atoms with E-state index in [1.807, 2.05) is 0 Å². The molecule has 0 fully saturated rings. The quantitative estimate of drug-likeness (QED) is 0.700. The first-order chi connectivity index (χ1) is 11.9. The van der Waals surface area contributed by atoms with Crippen molar-refractivity contribution in [2.45, 2.75) is 13.8 Å². The van der Waals surface area contributed by atoms with E-state index < -0.39 is 5.91 Å². The average Bonchev–Trinajstić information content (AvgIpc) is 2.95. The van der Waals surface area contributed by atoms with Crippen LogP contribution in [0.5, 0.6) is 0 Å². The molecule has 0 saturated carbocycles. The van der Waals surface area contributed by atoms with E-state index in [0.29, 0.717) is 33.0 Å². The monoisotopic (exact) mass is 377 g/mol. The van der Waals surface area contributed by atoms with Crippen molar-refractivity contribution < 1.29 is 9.32 Å². The minimum atomic E-state index is -0.431. The maximum absolute atomic E-state index is 12.3. The number of hydrogen-bond acceptors (Lipinski definition) is 6. The third-order valence-electron chi connectivity index (χ3n) is 3.13. The molecule has 7 nitrogen and oxygen atoms in total. The van der Waals surface area contributed by atoms with Crippen LogP contribution in [-0.2, 0) is 0 Å². The molecule has 0 aliphatic rings. The highest BCUT2D eigenvalue weighted by molar-refractivity contribution is 6.35. The van der Waals surface area contributed by atoms with E-state index in [2.05, 4.69) is 25.8 Å². The lowest BCUT2D eigenvalue weighted by atomic mass is 10.3. The Morgan fingerprint density at radius 2 is 1.92 bits per heavy atom. The second kappa shape index (κ2) is 7.08. The number of nitrogens with one attached hydrogen (secondary N) is 2. The van der Waals surface area contributed by atoms with Crippen LogP contribution >= 0.6 is 23.2 Å². The first kappa shape index (κ1) is 17.2. The van der Waals surface area contributed by atoms with Gasteiger partial charge in [0, 0.05) is 16.8 Å². The topological polar surface area (TPSA) is 92.9 Å². The van der Waals surface area contributed by atoms with Crippen LogP contribution in [-0.4, -0.2) is 21.0 Å². The van der Waals surface area contributed by atoms with Gasteiger partial charge in [0.25, 0.3) is 5.91 Å². The molecule has 3 aromatic rings. The first-order valence-electron chi connectivity index (χ1n) is 7.23. The molecule has 1 aromatic carbocycles. The molecule has 1 amide bonds. The second-order valence-electron chi connectivity index (χ2n) is 5.24. The molecule has 9 heteroatoms. The summed E-state index contributed by atoms with van der Waals surface area (Å²) in [5, 5.41) is 10.3. The van der Waals surface area contributed by atoms with Crippen LogP contribution in [0.3, 0.4) is 0 Å². The van der Waals surface area contributed by atoms with Crippen molar-refractivity contribution in [3.8, 4) is 0 Å². The predicted octanol–water partition coefficient (Wildman–Crippen LogP) is 4.38. The number of amides is 1. The van der Waals surface area contributed by atoms with Gasteiger partial charge in [-0.15, -0.1) is 0 Å². The van der Waals surface area contributed by atoms with Crippen LogP contribution in [0.15, 0.2) is 34.9 Å². The molecule has 2 aromatic heterocycles. The van der Waals surface area contributed by atoms with Gasteiger partial charge in [0.15, 0.2) is 5.82 Å². The highest BCUT2D eigenvalue weighted by Gasteiger charge is 2.13. The fourth-order valence-corrected chi connectivity index (χ4v) is 2.40. The zero-order valence-corrected chi connectivity index (χ0v) is 14.8. The van der Waals surface area contributed by atoms with Gasteiger partial charge in [0.1, 0.15) is 11.5 Å². The van der Waals surface area contributed by atoms with E-state index in [9.17, 15) is 4.79 Å². The summed E-state index contributed by atoms with van der Waals surface area (Å²) in [5.74, 6) is 0.697. The van der Waals surface area contributed by atoms with Crippen LogP contribution in [0.4, 0.5) is 17.5 Å². The molecule has 0 aliphatic heterocycles. The molecule has 3 rings (SSSR count). The Labute approximate surface area is 153 Å². The van der Waals surface area contributed by atoms with Crippen LogP contribution in [0.2, 0.25) is 10.0 Å². The largest absolute Gasteiger partial charge is 0.360 e. The maximum atomic E-state index is 12.3. The van der Waals surface area contributed by atoms with Crippen LogP contribution in [0, 0.1) is 13.8 Å². The molecule has 128 valence electrons. The number of carbonyl (C=O) groups excluding carboxylic acids is 1. The van der Waals surface area contributed by atoms with Gasteiger partial charge in [-0.2, -0.15) is 0 Å². The van der Waals surface area contributed by atoms with E-state index in [-0.39, 0.29) is 11.6 Å². The Kier molecular flexibility index (Phi) is 4.87. The fraction of sp³-hybridized carbons (Fsp3) is 0.125. The molecular weight excluding hydrogens is 365 g/mol. The number of benzene rings is 1. The number of hydrogen-bond donors (Lipinski definition) is 2. The van der Waals surface area contributed by atoms with Gasteiger partial charge < -0.3 is 15.2 Å². The van der Waals surface area contributed by atoms with Crippen molar-refractivity contribution in [1.82, 2.24) is 15.1 Å². The first-order valence-corrected chi connectivity index (χ1v) is 7.99. The summed E-state index contributed by atoms with van der Waals surface area (Å²) in [6, 6.07) is 8.14. The summed E-state index contributed by atoms with van der Waals surface area (Å²) >= 11 is 12.1. The van der Waals surface area contributed by atoms with Gasteiger partial charge in [0.2, 0.25) is 5.95 Å². The number of carbonyl (C=O) groups is 1. The Bertz CT molecular complexity index is 942. The van der Waals surface area contributed by atoms with Crippen molar-refractivity contribution in [2.75, 3.05) is 10.6 Å². The lowest BCUT2D eigenvalue weighted by molar-refractivity contribution is 0.102. The van der Waals surface area contributed by atoms with Gasteiger partial charge in [-0.1, -0.05) is 28.4 Å². The third-order valence-corrected chi connectivity index (χ3v) is 3.70. The van der Waals surface area contributed by atoms with E-state index in [0.717, 1.165) is 0 Å². The van der Waals surface area contributed by atoms with Crippen molar-refractivity contribution >= 4 is 46.6 Å². The fourth-order valence-electron chi connectivity index (χ4n) is 2.06. The Morgan fingerprint density at radius 3 is 2.64 bits per heavy atom. The van der Waals surface area contributed by atoms with Gasteiger partial charge in [0.05, 0.1) is 10.7 Å². The minimum absolute atomic E-state index is 0.175. The zero-order chi connectivity index (χ0) is 18.0. The summed E-state index contributed by atoms with van der Waals surface area (Å²) < 4.78 is 4.92. The van der Waals surface area contributed by atoms with Gasteiger partial charge in [-0.05, 0) is 38.1 Å². The van der Waals surface area contributed by atoms with E-state index in [1.54, 1.807) is 44.2 Å². The van der Waals surface area contributed by atoms with Crippen molar-refractivity contribution in [3.05, 3.63) is 57.5 Å². The van der Waals surface area contributed by atoms with E-state index in [1.165, 1.54) is 0 Å². The van der Waals surface area contributed by atoms with Gasteiger partial charge in [-0.25, -0.2) is 9.97 Å². The average molecular weight is 378 g/mol. The summed E-state index contributed by atoms with van der Waals surface area (Å²) in [5.41, 5.74) is 1.32. The van der Waals surface area contributed by atoms with Crippen LogP contribution < -0.4 is 10.6 Å². The predicted molar refractivity (Wildman–Crippen MR) is 95.7 cm³/mol. The van der Waals surface area contributed by atoms with E-state index in [4.69, 9.17) is 27.7 Å². The summed E-state index contributed by atoms with van der Waals surface area (Å²) in [6.07, 6.45) is 0. The molecule has 0 radical (unpaired) electrons. The minimum Gasteiger partial charge on any atom is -0.360 e. The molecule has 0 spiro atoms. The van der Waals surface area contributed by atoms with Gasteiger partial charge in [-0.3, -0.25) is 4.79 Å². The number of rotatable bonds is 4. The molecule has 25 heavy (non-hydrogen) atoms. The molecule has 0 bridgehead atoms. The number of halogens is 2. The Morgan fingerprint density at radius 1 is 1.12 bits per heavy atom. The Hall–Kier alpha value is -2.64. The highest BCUT2D eigenvalue weighted by Crippen LogP contribution is 2.27. The lowest BCUT2D eigenvalue weighted by Gasteiger charge is -2.09. The van der Waals surface area contributed by atoms with E-state index >= 15 is 0 Å². The number of aromatic nitrogens is 3. The molecule has 0 atom stereocenters. The number of nitrogens with zero attached hydrogens (tertiary/aromatic N) is 3. The number of aryl methyl sites for hydroxylation is 2. The van der Waals surface area contributed by atoms with Crippen molar-refractivity contribution in [3.63, 3.8) is 0 Å². The summed E-state index contributed by atoms with van der Waals surface area (Å²) in [7, 11) is 0. The normalized spacial score (nSPS) is 10.6. The van der Waals surface area contributed by atoms with Gasteiger partial charge >= 0.3 is 0 Å².